The summed E-state index contributed by atoms with van der Waals surface area (Å²) in [6.07, 6.45) is 6.61. The van der Waals surface area contributed by atoms with E-state index in [1.165, 1.54) is 13.3 Å². The van der Waals surface area contributed by atoms with E-state index in [4.69, 9.17) is 4.74 Å². The molecule has 0 fully saturated rings. The predicted octanol–water partition coefficient (Wildman–Crippen LogP) is 1.93. The Kier molecular flexibility index (Phi) is 6.57. The van der Waals surface area contributed by atoms with Gasteiger partial charge in [-0.25, -0.2) is 4.79 Å². The number of ether oxygens (including phenoxy) is 1. The summed E-state index contributed by atoms with van der Waals surface area (Å²) in [5.74, 6) is -0.714. The van der Waals surface area contributed by atoms with Gasteiger partial charge in [0.25, 0.3) is 5.91 Å². The van der Waals surface area contributed by atoms with E-state index in [1.54, 1.807) is 18.3 Å². The summed E-state index contributed by atoms with van der Waals surface area (Å²) in [5, 5.41) is 2.69. The Hall–Kier alpha value is -1.91. The normalized spacial score (nSPS) is 11.7. The van der Waals surface area contributed by atoms with Gasteiger partial charge < -0.3 is 10.1 Å². The number of amides is 1. The summed E-state index contributed by atoms with van der Waals surface area (Å²) in [4.78, 5) is 27.4. The highest BCUT2D eigenvalue weighted by Gasteiger charge is 2.21. The van der Waals surface area contributed by atoms with Crippen LogP contribution >= 0.6 is 0 Å². The summed E-state index contributed by atoms with van der Waals surface area (Å²) in [5.41, 5.74) is 0.437. The van der Waals surface area contributed by atoms with Crippen LogP contribution in [0.15, 0.2) is 24.5 Å². The molecule has 1 rings (SSSR count). The van der Waals surface area contributed by atoms with E-state index in [9.17, 15) is 9.59 Å². The lowest BCUT2D eigenvalue weighted by Crippen LogP contribution is -2.41. The molecule has 5 heteroatoms. The minimum atomic E-state index is -0.593. The molecule has 1 amide bonds. The van der Waals surface area contributed by atoms with Crippen molar-refractivity contribution < 1.29 is 14.3 Å². The second kappa shape index (κ2) is 8.24. The molecule has 0 spiro atoms. The monoisotopic (exact) mass is 264 g/mol. The number of nitrogens with zero attached hydrogens (tertiary/aromatic N) is 1. The van der Waals surface area contributed by atoms with Gasteiger partial charge in [-0.2, -0.15) is 0 Å². The fourth-order valence-electron chi connectivity index (χ4n) is 1.73. The zero-order valence-electron chi connectivity index (χ0n) is 11.4. The molecule has 0 aromatic carbocycles. The number of hydrogen-bond donors (Lipinski definition) is 1. The van der Waals surface area contributed by atoms with Gasteiger partial charge in [0.2, 0.25) is 0 Å². The van der Waals surface area contributed by atoms with Crippen molar-refractivity contribution in [2.45, 2.75) is 38.6 Å². The first-order valence-corrected chi connectivity index (χ1v) is 6.47. The van der Waals surface area contributed by atoms with Gasteiger partial charge in [-0.15, -0.1) is 0 Å². The molecule has 0 saturated heterocycles. The molecule has 0 aliphatic rings. The van der Waals surface area contributed by atoms with Gasteiger partial charge in [0.15, 0.2) is 0 Å². The molecule has 1 aromatic rings. The minimum absolute atomic E-state index is 0.306. The van der Waals surface area contributed by atoms with E-state index in [2.05, 4.69) is 17.2 Å². The van der Waals surface area contributed by atoms with Crippen LogP contribution in [0.25, 0.3) is 0 Å². The van der Waals surface area contributed by atoms with Crippen LogP contribution in [0.5, 0.6) is 0 Å². The summed E-state index contributed by atoms with van der Waals surface area (Å²) >= 11 is 0. The Labute approximate surface area is 113 Å². The highest BCUT2D eigenvalue weighted by atomic mass is 16.5. The number of pyridine rings is 1. The van der Waals surface area contributed by atoms with Crippen LogP contribution in [0, 0.1) is 0 Å². The van der Waals surface area contributed by atoms with Crippen LogP contribution in [0.3, 0.4) is 0 Å². The molecule has 1 N–H and O–H groups in total. The van der Waals surface area contributed by atoms with Crippen LogP contribution in [-0.4, -0.2) is 30.0 Å². The molecule has 0 bridgehead atoms. The number of nitrogens with one attached hydrogen (secondary N) is 1. The standard InChI is InChI=1S/C14H20N2O3/c1-3-4-5-8-12(14(18)19-2)16-13(17)11-7-6-9-15-10-11/h6-7,9-10,12H,3-5,8H2,1-2H3,(H,16,17)/t12-/m0/s1. The highest BCUT2D eigenvalue weighted by Crippen LogP contribution is 2.06. The molecule has 0 saturated carbocycles. The van der Waals surface area contributed by atoms with Crippen LogP contribution in [0.2, 0.25) is 0 Å². The molecule has 1 aromatic heterocycles. The van der Waals surface area contributed by atoms with Crippen LogP contribution in [0.4, 0.5) is 0 Å². The minimum Gasteiger partial charge on any atom is -0.467 e. The summed E-state index contributed by atoms with van der Waals surface area (Å²) in [6, 6.07) is 2.74. The molecule has 5 nitrogen and oxygen atoms in total. The van der Waals surface area contributed by atoms with E-state index >= 15 is 0 Å². The van der Waals surface area contributed by atoms with E-state index in [0.717, 1.165) is 19.3 Å². The Morgan fingerprint density at radius 3 is 2.79 bits per heavy atom. The molecule has 1 heterocycles. The fraction of sp³-hybridized carbons (Fsp3) is 0.500. The van der Waals surface area contributed by atoms with E-state index < -0.39 is 12.0 Å². The first kappa shape index (κ1) is 15.1. The molecule has 0 aliphatic heterocycles. The third-order valence-corrected chi connectivity index (χ3v) is 2.81. The van der Waals surface area contributed by atoms with Gasteiger partial charge in [0.1, 0.15) is 6.04 Å². The van der Waals surface area contributed by atoms with Gasteiger partial charge in [0, 0.05) is 12.4 Å². The first-order chi connectivity index (χ1) is 9.19. The summed E-state index contributed by atoms with van der Waals surface area (Å²) in [6.45, 7) is 2.08. The average Bonchev–Trinajstić information content (AvgIpc) is 2.46. The second-order valence-electron chi connectivity index (χ2n) is 4.29. The molecule has 19 heavy (non-hydrogen) atoms. The highest BCUT2D eigenvalue weighted by molar-refractivity contribution is 5.96. The zero-order chi connectivity index (χ0) is 14.1. The van der Waals surface area contributed by atoms with E-state index in [-0.39, 0.29) is 5.91 Å². The van der Waals surface area contributed by atoms with Gasteiger partial charge in [-0.3, -0.25) is 9.78 Å². The Balaban J connectivity index is 2.61. The van der Waals surface area contributed by atoms with Crippen molar-refractivity contribution in [1.82, 2.24) is 10.3 Å². The predicted molar refractivity (Wildman–Crippen MR) is 71.6 cm³/mol. The van der Waals surface area contributed by atoms with Crippen molar-refractivity contribution >= 4 is 11.9 Å². The van der Waals surface area contributed by atoms with Crippen LogP contribution < -0.4 is 5.32 Å². The number of carbonyl (C=O) groups is 2. The maximum Gasteiger partial charge on any atom is 0.328 e. The van der Waals surface area contributed by atoms with Crippen molar-refractivity contribution in [2.24, 2.45) is 0 Å². The van der Waals surface area contributed by atoms with Crippen LogP contribution in [0.1, 0.15) is 43.0 Å². The van der Waals surface area contributed by atoms with Crippen molar-refractivity contribution in [3.05, 3.63) is 30.1 Å². The van der Waals surface area contributed by atoms with Crippen molar-refractivity contribution in [2.75, 3.05) is 7.11 Å². The van der Waals surface area contributed by atoms with Gasteiger partial charge in [-0.1, -0.05) is 26.2 Å². The molecule has 104 valence electrons. The maximum atomic E-state index is 11.9. The Bertz CT molecular complexity index is 406. The molecule has 0 radical (unpaired) electrons. The van der Waals surface area contributed by atoms with Crippen molar-refractivity contribution in [3.63, 3.8) is 0 Å². The number of esters is 1. The number of hydrogen-bond acceptors (Lipinski definition) is 4. The number of aromatic nitrogens is 1. The molecule has 1 atom stereocenters. The van der Waals surface area contributed by atoms with Gasteiger partial charge in [-0.05, 0) is 18.6 Å². The Morgan fingerprint density at radius 2 is 2.21 bits per heavy atom. The number of methoxy groups -OCH3 is 1. The number of carbonyl (C=O) groups excluding carboxylic acids is 2. The topological polar surface area (TPSA) is 68.3 Å². The van der Waals surface area contributed by atoms with Crippen LogP contribution in [-0.2, 0) is 9.53 Å². The number of rotatable bonds is 7. The SMILES string of the molecule is CCCCC[C@H](NC(=O)c1cccnc1)C(=O)OC. The molecular formula is C14H20N2O3. The fourth-order valence-corrected chi connectivity index (χ4v) is 1.73. The quantitative estimate of drug-likeness (QED) is 0.603. The Morgan fingerprint density at radius 1 is 1.42 bits per heavy atom. The number of unbranched alkanes of at least 4 members (excludes halogenated alkanes) is 2. The smallest absolute Gasteiger partial charge is 0.328 e. The third-order valence-electron chi connectivity index (χ3n) is 2.81. The lowest BCUT2D eigenvalue weighted by Gasteiger charge is -2.16. The van der Waals surface area contributed by atoms with E-state index in [1.807, 2.05) is 0 Å². The summed E-state index contributed by atoms with van der Waals surface area (Å²) < 4.78 is 4.71. The maximum absolute atomic E-state index is 11.9. The largest absolute Gasteiger partial charge is 0.467 e. The zero-order valence-corrected chi connectivity index (χ0v) is 11.4. The molecule has 0 aliphatic carbocycles. The average molecular weight is 264 g/mol. The van der Waals surface area contributed by atoms with E-state index in [0.29, 0.717) is 12.0 Å². The van der Waals surface area contributed by atoms with Gasteiger partial charge in [0.05, 0.1) is 12.7 Å². The molecular weight excluding hydrogens is 244 g/mol. The summed E-state index contributed by atoms with van der Waals surface area (Å²) in [7, 11) is 1.32. The lowest BCUT2D eigenvalue weighted by atomic mass is 10.1. The lowest BCUT2D eigenvalue weighted by molar-refractivity contribution is -0.143. The van der Waals surface area contributed by atoms with Crippen molar-refractivity contribution in [1.29, 1.82) is 0 Å². The second-order valence-corrected chi connectivity index (χ2v) is 4.29. The first-order valence-electron chi connectivity index (χ1n) is 6.47. The van der Waals surface area contributed by atoms with Gasteiger partial charge >= 0.3 is 5.97 Å². The molecule has 0 unspecified atom stereocenters. The third kappa shape index (κ3) is 5.07. The van der Waals surface area contributed by atoms with Crippen molar-refractivity contribution in [3.8, 4) is 0 Å².